The van der Waals surface area contributed by atoms with Gasteiger partial charge >= 0.3 is 5.91 Å². The molecular weight excluding hydrogens is 272 g/mol. The number of hydroxylamine groups is 2. The lowest BCUT2D eigenvalue weighted by Crippen LogP contribution is -2.89. The third-order valence-corrected chi connectivity index (χ3v) is 5.22. The largest absolute Gasteiger partial charge is 0.336 e. The second-order valence-corrected chi connectivity index (χ2v) is 6.43. The minimum absolute atomic E-state index is 0.114. The van der Waals surface area contributed by atoms with Crippen LogP contribution in [0.2, 0.25) is 0 Å². The quantitative estimate of drug-likeness (QED) is 0.670. The van der Waals surface area contributed by atoms with E-state index < -0.39 is 0 Å². The molecule has 1 amide bonds. The number of hydrogen-bond acceptors (Lipinski definition) is 3. The van der Waals surface area contributed by atoms with Gasteiger partial charge in [-0.15, -0.1) is 11.3 Å². The Hall–Kier alpha value is -1.43. The van der Waals surface area contributed by atoms with Gasteiger partial charge < -0.3 is 5.32 Å². The molecule has 1 fully saturated rings. The van der Waals surface area contributed by atoms with Gasteiger partial charge in [0.2, 0.25) is 0 Å². The summed E-state index contributed by atoms with van der Waals surface area (Å²) >= 11 is 1.63. The second kappa shape index (κ2) is 5.52. The smallest absolute Gasteiger partial charge is 0.304 e. The molecule has 1 aliphatic heterocycles. The van der Waals surface area contributed by atoms with Crippen LogP contribution in [-0.2, 0) is 4.79 Å². The summed E-state index contributed by atoms with van der Waals surface area (Å²) in [5.41, 5.74) is 0. The number of carbonyl (C=O) groups is 1. The van der Waals surface area contributed by atoms with E-state index in [0.717, 1.165) is 34.7 Å². The highest BCUT2D eigenvalue weighted by atomic mass is 32.1. The first-order chi connectivity index (χ1) is 9.66. The van der Waals surface area contributed by atoms with Crippen LogP contribution in [0.25, 0.3) is 10.1 Å². The van der Waals surface area contributed by atoms with E-state index in [9.17, 15) is 10.0 Å². The van der Waals surface area contributed by atoms with Crippen molar-refractivity contribution in [2.24, 2.45) is 0 Å². The Morgan fingerprint density at radius 2 is 2.30 bits per heavy atom. The van der Waals surface area contributed by atoms with Crippen LogP contribution in [0.15, 0.2) is 30.3 Å². The van der Waals surface area contributed by atoms with Crippen molar-refractivity contribution in [3.05, 3.63) is 35.2 Å². The van der Waals surface area contributed by atoms with Gasteiger partial charge in [-0.2, -0.15) is 0 Å². The summed E-state index contributed by atoms with van der Waals surface area (Å²) in [6, 6.07) is 9.76. The van der Waals surface area contributed by atoms with Crippen LogP contribution in [0.5, 0.6) is 0 Å². The number of benzene rings is 1. The molecule has 1 aromatic carbocycles. The number of amides is 1. The van der Waals surface area contributed by atoms with Crippen molar-refractivity contribution in [3.63, 3.8) is 0 Å². The SMILES string of the molecule is CC(c1cc2ccccc2s1)N(O)C(=O)C1CCC[NH2+]1. The minimum Gasteiger partial charge on any atom is -0.336 e. The third kappa shape index (κ3) is 2.44. The summed E-state index contributed by atoms with van der Waals surface area (Å²) in [5.74, 6) is -0.174. The van der Waals surface area contributed by atoms with E-state index in [0.29, 0.717) is 0 Å². The lowest BCUT2D eigenvalue weighted by atomic mass is 10.1. The molecule has 2 heterocycles. The fraction of sp³-hybridized carbons (Fsp3) is 0.400. The molecule has 20 heavy (non-hydrogen) atoms. The van der Waals surface area contributed by atoms with Gasteiger partial charge in [0, 0.05) is 22.4 Å². The maximum absolute atomic E-state index is 12.2. The highest BCUT2D eigenvalue weighted by molar-refractivity contribution is 7.19. The van der Waals surface area contributed by atoms with Crippen LogP contribution < -0.4 is 5.32 Å². The molecule has 2 atom stereocenters. The first-order valence-corrected chi connectivity index (χ1v) is 7.82. The van der Waals surface area contributed by atoms with Crippen molar-refractivity contribution in [3.8, 4) is 0 Å². The molecule has 0 spiro atoms. The fourth-order valence-corrected chi connectivity index (χ4v) is 3.79. The molecule has 106 valence electrons. The number of quaternary nitrogens is 1. The molecular formula is C15H19N2O2S+. The molecule has 1 saturated heterocycles. The Kier molecular flexibility index (Phi) is 3.74. The standard InChI is InChI=1S/C15H18N2O2S/c1-10(17(19)15(18)12-6-4-8-16-12)14-9-11-5-2-3-7-13(11)20-14/h2-3,5,7,9-10,12,16,19H,4,6,8H2,1H3/p+1. The first-order valence-electron chi connectivity index (χ1n) is 7.00. The third-order valence-electron chi connectivity index (χ3n) is 3.94. The summed E-state index contributed by atoms with van der Waals surface area (Å²) in [6.07, 6.45) is 1.90. The molecule has 1 aromatic heterocycles. The summed E-state index contributed by atoms with van der Waals surface area (Å²) in [4.78, 5) is 13.2. The zero-order chi connectivity index (χ0) is 14.1. The molecule has 0 radical (unpaired) electrons. The molecule has 2 aromatic rings. The monoisotopic (exact) mass is 291 g/mol. The number of fused-ring (bicyclic) bond motifs is 1. The molecule has 2 unspecified atom stereocenters. The molecule has 0 saturated carbocycles. The molecule has 5 heteroatoms. The Morgan fingerprint density at radius 1 is 1.50 bits per heavy atom. The topological polar surface area (TPSA) is 57.1 Å². The molecule has 1 aliphatic rings. The summed E-state index contributed by atoms with van der Waals surface area (Å²) in [5, 5.41) is 14.3. The van der Waals surface area contributed by atoms with Crippen molar-refractivity contribution in [1.82, 2.24) is 5.06 Å². The van der Waals surface area contributed by atoms with Gasteiger partial charge in [0.25, 0.3) is 0 Å². The number of hydrogen-bond donors (Lipinski definition) is 2. The normalized spacial score (nSPS) is 20.2. The fourth-order valence-electron chi connectivity index (χ4n) is 2.69. The van der Waals surface area contributed by atoms with E-state index in [-0.39, 0.29) is 18.0 Å². The van der Waals surface area contributed by atoms with Crippen LogP contribution in [-0.4, -0.2) is 28.8 Å². The minimum atomic E-state index is -0.297. The zero-order valence-corrected chi connectivity index (χ0v) is 12.3. The number of nitrogens with zero attached hydrogens (tertiary/aromatic N) is 1. The predicted octanol–water partition coefficient (Wildman–Crippen LogP) is 1.91. The summed E-state index contributed by atoms with van der Waals surface area (Å²) in [7, 11) is 0. The van der Waals surface area contributed by atoms with E-state index in [4.69, 9.17) is 0 Å². The Labute approximate surface area is 122 Å². The maximum atomic E-state index is 12.2. The van der Waals surface area contributed by atoms with Crippen LogP contribution >= 0.6 is 11.3 Å². The van der Waals surface area contributed by atoms with Crippen molar-refractivity contribution in [1.29, 1.82) is 0 Å². The molecule has 0 aliphatic carbocycles. The highest BCUT2D eigenvalue weighted by Crippen LogP contribution is 2.32. The lowest BCUT2D eigenvalue weighted by molar-refractivity contribution is -0.658. The average Bonchev–Trinajstić information content (AvgIpc) is 3.13. The van der Waals surface area contributed by atoms with Gasteiger partial charge in [0.15, 0.2) is 6.04 Å². The molecule has 3 rings (SSSR count). The van der Waals surface area contributed by atoms with Crippen LogP contribution in [0, 0.1) is 0 Å². The Balaban J connectivity index is 1.80. The van der Waals surface area contributed by atoms with E-state index in [1.807, 2.05) is 24.4 Å². The Bertz CT molecular complexity index is 586. The van der Waals surface area contributed by atoms with Crippen molar-refractivity contribution in [2.75, 3.05) is 6.54 Å². The van der Waals surface area contributed by atoms with Crippen LogP contribution in [0.4, 0.5) is 0 Å². The second-order valence-electron chi connectivity index (χ2n) is 5.32. The van der Waals surface area contributed by atoms with Gasteiger partial charge in [-0.1, -0.05) is 18.2 Å². The van der Waals surface area contributed by atoms with Crippen molar-refractivity contribution in [2.45, 2.75) is 31.8 Å². The van der Waals surface area contributed by atoms with E-state index in [1.54, 1.807) is 11.3 Å². The van der Waals surface area contributed by atoms with Crippen LogP contribution in [0.3, 0.4) is 0 Å². The molecule has 0 bridgehead atoms. The highest BCUT2D eigenvalue weighted by Gasteiger charge is 2.33. The summed E-state index contributed by atoms with van der Waals surface area (Å²) in [6.45, 7) is 2.85. The maximum Gasteiger partial charge on any atom is 0.304 e. The number of nitrogens with two attached hydrogens (primary N) is 1. The number of carbonyl (C=O) groups excluding carboxylic acids is 1. The summed E-state index contributed by atoms with van der Waals surface area (Å²) < 4.78 is 1.18. The lowest BCUT2D eigenvalue weighted by Gasteiger charge is -2.23. The molecule has 4 nitrogen and oxygen atoms in total. The van der Waals surface area contributed by atoms with E-state index >= 15 is 0 Å². The van der Waals surface area contributed by atoms with E-state index in [1.165, 1.54) is 4.70 Å². The zero-order valence-electron chi connectivity index (χ0n) is 11.5. The number of rotatable bonds is 3. The predicted molar refractivity (Wildman–Crippen MR) is 78.7 cm³/mol. The van der Waals surface area contributed by atoms with Gasteiger partial charge in [-0.3, -0.25) is 10.0 Å². The van der Waals surface area contributed by atoms with Gasteiger partial charge in [0.1, 0.15) is 0 Å². The van der Waals surface area contributed by atoms with Gasteiger partial charge in [0.05, 0.1) is 12.6 Å². The first kappa shape index (κ1) is 13.5. The van der Waals surface area contributed by atoms with Crippen LogP contribution in [0.1, 0.15) is 30.7 Å². The van der Waals surface area contributed by atoms with Crippen molar-refractivity contribution >= 4 is 27.3 Å². The van der Waals surface area contributed by atoms with Gasteiger partial charge in [-0.25, -0.2) is 5.06 Å². The average molecular weight is 291 g/mol. The molecule has 3 N–H and O–H groups in total. The van der Waals surface area contributed by atoms with E-state index in [2.05, 4.69) is 18.2 Å². The Morgan fingerprint density at radius 3 is 3.00 bits per heavy atom. The number of thiophene rings is 1. The van der Waals surface area contributed by atoms with Crippen molar-refractivity contribution < 1.29 is 15.3 Å². The van der Waals surface area contributed by atoms with Gasteiger partial charge in [-0.05, 0) is 24.4 Å².